The Morgan fingerprint density at radius 2 is 1.91 bits per heavy atom. The van der Waals surface area contributed by atoms with E-state index in [-0.39, 0.29) is 11.5 Å². The average Bonchev–Trinajstić information content (AvgIpc) is 2.51. The predicted molar refractivity (Wildman–Crippen MR) is 89.5 cm³/mol. The predicted octanol–water partition coefficient (Wildman–Crippen LogP) is 1.92. The first-order valence-corrected chi connectivity index (χ1v) is 8.09. The highest BCUT2D eigenvalue weighted by molar-refractivity contribution is 5.32. The van der Waals surface area contributed by atoms with Gasteiger partial charge in [0.05, 0.1) is 0 Å². The SMILES string of the molecule is CC1CCC(c2[nH]c(=O)[nH]c(=O)c2Cc2cccc(N)n2)CC1. The number of H-pyrrole nitrogens is 2. The number of aromatic amines is 2. The van der Waals surface area contributed by atoms with Crippen molar-refractivity contribution in [2.75, 3.05) is 5.73 Å². The molecule has 0 bridgehead atoms. The summed E-state index contributed by atoms with van der Waals surface area (Å²) in [5.41, 5.74) is 7.05. The molecule has 1 aliphatic carbocycles. The molecule has 2 aromatic heterocycles. The number of pyridine rings is 1. The van der Waals surface area contributed by atoms with Gasteiger partial charge in [-0.05, 0) is 36.8 Å². The van der Waals surface area contributed by atoms with Crippen LogP contribution in [0.15, 0.2) is 27.8 Å². The molecule has 1 fully saturated rings. The van der Waals surface area contributed by atoms with Crippen LogP contribution in [0.5, 0.6) is 0 Å². The summed E-state index contributed by atoms with van der Waals surface area (Å²) in [6.07, 6.45) is 4.61. The van der Waals surface area contributed by atoms with Crippen LogP contribution in [0.3, 0.4) is 0 Å². The van der Waals surface area contributed by atoms with Crippen molar-refractivity contribution in [1.82, 2.24) is 15.0 Å². The largest absolute Gasteiger partial charge is 0.384 e. The monoisotopic (exact) mass is 314 g/mol. The maximum atomic E-state index is 12.3. The second-order valence-electron chi connectivity index (χ2n) is 6.49. The third-order valence-electron chi connectivity index (χ3n) is 4.68. The van der Waals surface area contributed by atoms with E-state index in [0.29, 0.717) is 23.7 Å². The second-order valence-corrected chi connectivity index (χ2v) is 6.49. The topological polar surface area (TPSA) is 105 Å². The molecule has 0 radical (unpaired) electrons. The zero-order valence-electron chi connectivity index (χ0n) is 13.3. The van der Waals surface area contributed by atoms with E-state index in [1.54, 1.807) is 6.07 Å². The highest BCUT2D eigenvalue weighted by Gasteiger charge is 2.24. The molecule has 0 unspecified atom stereocenters. The van der Waals surface area contributed by atoms with Crippen LogP contribution in [0.4, 0.5) is 5.82 Å². The van der Waals surface area contributed by atoms with Gasteiger partial charge in [0, 0.05) is 23.4 Å². The van der Waals surface area contributed by atoms with Gasteiger partial charge in [-0.15, -0.1) is 0 Å². The summed E-state index contributed by atoms with van der Waals surface area (Å²) in [5.74, 6) is 1.37. The fraction of sp³-hybridized carbons (Fsp3) is 0.471. The van der Waals surface area contributed by atoms with Crippen LogP contribution >= 0.6 is 0 Å². The molecule has 23 heavy (non-hydrogen) atoms. The molecule has 2 aromatic rings. The average molecular weight is 314 g/mol. The number of aromatic nitrogens is 3. The molecule has 4 N–H and O–H groups in total. The van der Waals surface area contributed by atoms with Crippen LogP contribution in [0.25, 0.3) is 0 Å². The van der Waals surface area contributed by atoms with E-state index in [4.69, 9.17) is 5.73 Å². The molecule has 0 saturated heterocycles. The van der Waals surface area contributed by atoms with Crippen LogP contribution in [0, 0.1) is 5.92 Å². The van der Waals surface area contributed by atoms with Gasteiger partial charge in [0.25, 0.3) is 5.56 Å². The van der Waals surface area contributed by atoms with Crippen molar-refractivity contribution in [2.45, 2.75) is 44.9 Å². The molecule has 122 valence electrons. The Hall–Kier alpha value is -2.37. The normalized spacial score (nSPS) is 21.3. The van der Waals surface area contributed by atoms with Crippen molar-refractivity contribution in [3.05, 3.63) is 56.0 Å². The van der Waals surface area contributed by atoms with E-state index in [1.807, 2.05) is 12.1 Å². The number of hydrogen-bond acceptors (Lipinski definition) is 4. The summed E-state index contributed by atoms with van der Waals surface area (Å²) in [5, 5.41) is 0. The van der Waals surface area contributed by atoms with Crippen molar-refractivity contribution in [1.29, 1.82) is 0 Å². The van der Waals surface area contributed by atoms with Crippen molar-refractivity contribution < 1.29 is 0 Å². The minimum Gasteiger partial charge on any atom is -0.384 e. The molecule has 0 spiro atoms. The molecule has 0 atom stereocenters. The zero-order chi connectivity index (χ0) is 16.4. The van der Waals surface area contributed by atoms with Gasteiger partial charge in [0.2, 0.25) is 0 Å². The second kappa shape index (κ2) is 6.40. The third-order valence-corrected chi connectivity index (χ3v) is 4.68. The zero-order valence-corrected chi connectivity index (χ0v) is 13.3. The van der Waals surface area contributed by atoms with Crippen molar-refractivity contribution in [3.63, 3.8) is 0 Å². The highest BCUT2D eigenvalue weighted by Crippen LogP contribution is 2.35. The standard InChI is InChI=1S/C17H22N4O2/c1-10-5-7-11(8-6-10)15-13(16(22)21-17(23)20-15)9-12-3-2-4-14(18)19-12/h2-4,10-11H,5-9H2,1H3,(H2,18,19)(H2,20,21,22,23). The van der Waals surface area contributed by atoms with Gasteiger partial charge in [-0.3, -0.25) is 9.78 Å². The molecule has 0 amide bonds. The lowest BCUT2D eigenvalue weighted by Crippen LogP contribution is -2.30. The van der Waals surface area contributed by atoms with E-state index >= 15 is 0 Å². The molecule has 1 saturated carbocycles. The van der Waals surface area contributed by atoms with Gasteiger partial charge in [-0.1, -0.05) is 25.8 Å². The van der Waals surface area contributed by atoms with E-state index < -0.39 is 5.69 Å². The molecule has 6 heteroatoms. The number of rotatable bonds is 3. The fourth-order valence-corrected chi connectivity index (χ4v) is 3.38. The van der Waals surface area contributed by atoms with Crippen LogP contribution in [-0.4, -0.2) is 15.0 Å². The van der Waals surface area contributed by atoms with Crippen LogP contribution in [0.2, 0.25) is 0 Å². The number of nitrogens with one attached hydrogen (secondary N) is 2. The molecular formula is C17H22N4O2. The van der Waals surface area contributed by atoms with Gasteiger partial charge >= 0.3 is 5.69 Å². The Morgan fingerprint density at radius 1 is 1.17 bits per heavy atom. The number of anilines is 1. The van der Waals surface area contributed by atoms with Gasteiger partial charge < -0.3 is 10.7 Å². The summed E-state index contributed by atoms with van der Waals surface area (Å²) in [6, 6.07) is 5.37. The first kappa shape index (κ1) is 15.5. The summed E-state index contributed by atoms with van der Waals surface area (Å²) < 4.78 is 0. The Kier molecular flexibility index (Phi) is 4.32. The van der Waals surface area contributed by atoms with Gasteiger partial charge in [-0.25, -0.2) is 9.78 Å². The first-order valence-electron chi connectivity index (χ1n) is 8.09. The van der Waals surface area contributed by atoms with Gasteiger partial charge in [0.1, 0.15) is 5.82 Å². The molecule has 2 heterocycles. The van der Waals surface area contributed by atoms with E-state index in [9.17, 15) is 9.59 Å². The van der Waals surface area contributed by atoms with Crippen LogP contribution in [-0.2, 0) is 6.42 Å². The summed E-state index contributed by atoms with van der Waals surface area (Å²) in [7, 11) is 0. The highest BCUT2D eigenvalue weighted by atomic mass is 16.2. The summed E-state index contributed by atoms with van der Waals surface area (Å²) in [6.45, 7) is 2.24. The quantitative estimate of drug-likeness (QED) is 0.805. The Bertz CT molecular complexity index is 801. The molecule has 0 aliphatic heterocycles. The van der Waals surface area contributed by atoms with Crippen LogP contribution in [0.1, 0.15) is 55.5 Å². The minimum atomic E-state index is -0.437. The van der Waals surface area contributed by atoms with Gasteiger partial charge in [0.15, 0.2) is 0 Å². The molecule has 0 aromatic carbocycles. The summed E-state index contributed by atoms with van der Waals surface area (Å²) in [4.78, 5) is 33.5. The Morgan fingerprint density at radius 3 is 2.61 bits per heavy atom. The van der Waals surface area contributed by atoms with E-state index in [1.165, 1.54) is 0 Å². The van der Waals surface area contributed by atoms with Crippen LogP contribution < -0.4 is 17.0 Å². The minimum absolute atomic E-state index is 0.234. The van der Waals surface area contributed by atoms with E-state index in [2.05, 4.69) is 21.9 Å². The maximum absolute atomic E-state index is 12.3. The first-order chi connectivity index (χ1) is 11.0. The lowest BCUT2D eigenvalue weighted by molar-refractivity contribution is 0.342. The smallest absolute Gasteiger partial charge is 0.325 e. The van der Waals surface area contributed by atoms with Crippen molar-refractivity contribution in [2.24, 2.45) is 5.92 Å². The van der Waals surface area contributed by atoms with Crippen molar-refractivity contribution in [3.8, 4) is 0 Å². The third kappa shape index (κ3) is 3.52. The molecular weight excluding hydrogens is 292 g/mol. The number of hydrogen-bond donors (Lipinski definition) is 3. The Balaban J connectivity index is 1.98. The van der Waals surface area contributed by atoms with E-state index in [0.717, 1.165) is 37.1 Å². The summed E-state index contributed by atoms with van der Waals surface area (Å²) >= 11 is 0. The number of nitrogens with two attached hydrogens (primary N) is 1. The van der Waals surface area contributed by atoms with Crippen molar-refractivity contribution >= 4 is 5.82 Å². The fourth-order valence-electron chi connectivity index (χ4n) is 3.38. The van der Waals surface area contributed by atoms with Gasteiger partial charge in [-0.2, -0.15) is 0 Å². The maximum Gasteiger partial charge on any atom is 0.325 e. The number of nitrogens with zero attached hydrogens (tertiary/aromatic N) is 1. The Labute approximate surface area is 134 Å². The molecule has 6 nitrogen and oxygen atoms in total. The molecule has 3 rings (SSSR count). The lowest BCUT2D eigenvalue weighted by Gasteiger charge is -2.27. The molecule has 1 aliphatic rings. The lowest BCUT2D eigenvalue weighted by atomic mass is 9.80. The number of nitrogen functional groups attached to an aromatic ring is 1.